The van der Waals surface area contributed by atoms with Gasteiger partial charge in [0.2, 0.25) is 0 Å². The van der Waals surface area contributed by atoms with Crippen molar-refractivity contribution in [2.45, 2.75) is 20.0 Å². The predicted molar refractivity (Wildman–Crippen MR) is 92.4 cm³/mol. The van der Waals surface area contributed by atoms with E-state index in [0.29, 0.717) is 17.0 Å². The van der Waals surface area contributed by atoms with E-state index < -0.39 is 18.0 Å². The monoisotopic (exact) mass is 338 g/mol. The number of ether oxygens (including phenoxy) is 2. The number of amides is 1. The number of nitrogens with one attached hydrogen (secondary N) is 1. The van der Waals surface area contributed by atoms with Gasteiger partial charge in [-0.15, -0.1) is 0 Å². The van der Waals surface area contributed by atoms with E-state index in [1.54, 1.807) is 36.4 Å². The first-order chi connectivity index (χ1) is 12.0. The number of para-hydroxylation sites is 1. The Morgan fingerprint density at radius 1 is 1.20 bits per heavy atom. The molecule has 2 aromatic carbocycles. The number of hydrogen-bond acceptors (Lipinski definition) is 5. The van der Waals surface area contributed by atoms with Gasteiger partial charge in [-0.05, 0) is 38.1 Å². The normalized spacial score (nSPS) is 11.1. The fourth-order valence-electron chi connectivity index (χ4n) is 2.18. The molecule has 128 valence electrons. The topological polar surface area (TPSA) is 88.4 Å². The first kappa shape index (κ1) is 18.0. The molecule has 0 fully saturated rings. The van der Waals surface area contributed by atoms with E-state index in [9.17, 15) is 9.59 Å². The van der Waals surface area contributed by atoms with Gasteiger partial charge in [-0.1, -0.05) is 23.8 Å². The summed E-state index contributed by atoms with van der Waals surface area (Å²) >= 11 is 0. The summed E-state index contributed by atoms with van der Waals surface area (Å²) in [6, 6.07) is 13.7. The van der Waals surface area contributed by atoms with Crippen molar-refractivity contribution in [3.63, 3.8) is 0 Å². The number of anilines is 1. The minimum absolute atomic E-state index is 0.250. The lowest BCUT2D eigenvalue weighted by atomic mass is 10.1. The second-order valence-electron chi connectivity index (χ2n) is 5.40. The molecule has 2 rings (SSSR count). The highest BCUT2D eigenvalue weighted by Crippen LogP contribution is 2.21. The number of rotatable bonds is 5. The van der Waals surface area contributed by atoms with Crippen molar-refractivity contribution in [1.29, 1.82) is 5.26 Å². The van der Waals surface area contributed by atoms with Gasteiger partial charge < -0.3 is 14.8 Å². The van der Waals surface area contributed by atoms with Gasteiger partial charge >= 0.3 is 5.97 Å². The van der Waals surface area contributed by atoms with Crippen LogP contribution in [-0.4, -0.2) is 25.1 Å². The minimum Gasteiger partial charge on any atom is -0.496 e. The molecular formula is C19H18N2O4. The Morgan fingerprint density at radius 2 is 1.92 bits per heavy atom. The maximum atomic E-state index is 12.3. The van der Waals surface area contributed by atoms with Crippen molar-refractivity contribution in [2.24, 2.45) is 0 Å². The highest BCUT2D eigenvalue weighted by molar-refractivity contribution is 5.99. The van der Waals surface area contributed by atoms with Crippen molar-refractivity contribution in [3.05, 3.63) is 59.2 Å². The zero-order chi connectivity index (χ0) is 18.4. The van der Waals surface area contributed by atoms with Crippen LogP contribution in [0.25, 0.3) is 0 Å². The number of nitriles is 1. The zero-order valence-corrected chi connectivity index (χ0v) is 14.2. The average Bonchev–Trinajstić information content (AvgIpc) is 2.61. The molecule has 2 aromatic rings. The maximum Gasteiger partial charge on any atom is 0.342 e. The fraction of sp³-hybridized carbons (Fsp3) is 0.211. The molecule has 1 atom stereocenters. The summed E-state index contributed by atoms with van der Waals surface area (Å²) in [6.45, 7) is 3.30. The third-order valence-electron chi connectivity index (χ3n) is 3.53. The van der Waals surface area contributed by atoms with Gasteiger partial charge in [0.05, 0.1) is 18.4 Å². The van der Waals surface area contributed by atoms with Gasteiger partial charge in [0, 0.05) is 0 Å². The van der Waals surface area contributed by atoms with Gasteiger partial charge in [-0.25, -0.2) is 4.79 Å². The summed E-state index contributed by atoms with van der Waals surface area (Å²) in [5.41, 5.74) is 1.81. The summed E-state index contributed by atoms with van der Waals surface area (Å²) in [5, 5.41) is 11.6. The van der Waals surface area contributed by atoms with Crippen molar-refractivity contribution >= 4 is 17.6 Å². The van der Waals surface area contributed by atoms with Crippen LogP contribution in [-0.2, 0) is 9.53 Å². The Labute approximate surface area is 146 Å². The first-order valence-electron chi connectivity index (χ1n) is 7.62. The van der Waals surface area contributed by atoms with E-state index in [1.165, 1.54) is 14.0 Å². The Balaban J connectivity index is 2.10. The first-order valence-corrected chi connectivity index (χ1v) is 7.62. The number of esters is 1. The lowest BCUT2D eigenvalue weighted by molar-refractivity contribution is -0.123. The number of nitrogens with zero attached hydrogens (tertiary/aromatic N) is 1. The molecule has 0 spiro atoms. The third kappa shape index (κ3) is 4.36. The Kier molecular flexibility index (Phi) is 5.75. The molecule has 0 aliphatic heterocycles. The fourth-order valence-corrected chi connectivity index (χ4v) is 2.18. The molecule has 0 radical (unpaired) electrons. The van der Waals surface area contributed by atoms with E-state index in [-0.39, 0.29) is 5.56 Å². The number of carbonyl (C=O) groups excluding carboxylic acids is 2. The molecule has 0 unspecified atom stereocenters. The predicted octanol–water partition coefficient (Wildman–Crippen LogP) is 3.06. The van der Waals surface area contributed by atoms with Crippen LogP contribution in [0, 0.1) is 18.3 Å². The average molecular weight is 338 g/mol. The molecule has 6 nitrogen and oxygen atoms in total. The molecule has 1 amide bonds. The minimum atomic E-state index is -1.04. The molecule has 0 aliphatic carbocycles. The van der Waals surface area contributed by atoms with Crippen LogP contribution >= 0.6 is 0 Å². The Morgan fingerprint density at radius 3 is 2.60 bits per heavy atom. The van der Waals surface area contributed by atoms with E-state index in [1.807, 2.05) is 19.1 Å². The van der Waals surface area contributed by atoms with Gasteiger partial charge in [0.15, 0.2) is 6.10 Å². The number of carbonyl (C=O) groups is 2. The molecule has 0 saturated carbocycles. The lowest BCUT2D eigenvalue weighted by Crippen LogP contribution is -2.30. The number of aryl methyl sites for hydroxylation is 1. The van der Waals surface area contributed by atoms with Crippen LogP contribution in [0.4, 0.5) is 5.69 Å². The van der Waals surface area contributed by atoms with Gasteiger partial charge in [-0.3, -0.25) is 4.79 Å². The Hall–Kier alpha value is -3.33. The van der Waals surface area contributed by atoms with E-state index in [4.69, 9.17) is 14.7 Å². The van der Waals surface area contributed by atoms with Crippen LogP contribution in [0.15, 0.2) is 42.5 Å². The SMILES string of the molecule is COc1ccc(C)cc1C(=O)O[C@H](C)C(=O)Nc1ccccc1C#N. The lowest BCUT2D eigenvalue weighted by Gasteiger charge is -2.15. The van der Waals surface area contributed by atoms with Gasteiger partial charge in [-0.2, -0.15) is 5.26 Å². The van der Waals surface area contributed by atoms with E-state index in [0.717, 1.165) is 5.56 Å². The molecule has 0 heterocycles. The summed E-state index contributed by atoms with van der Waals surface area (Å²) in [4.78, 5) is 24.6. The summed E-state index contributed by atoms with van der Waals surface area (Å²) in [7, 11) is 1.45. The number of methoxy groups -OCH3 is 1. The van der Waals surface area contributed by atoms with Crippen LogP contribution in [0.5, 0.6) is 5.75 Å². The summed E-state index contributed by atoms with van der Waals surface area (Å²) < 4.78 is 10.4. The standard InChI is InChI=1S/C19H18N2O4/c1-12-8-9-17(24-3)15(10-12)19(23)25-13(2)18(22)21-16-7-5-4-6-14(16)11-20/h4-10,13H,1-3H3,(H,21,22)/t13-/m1/s1. The van der Waals surface area contributed by atoms with Crippen LogP contribution in [0.3, 0.4) is 0 Å². The second-order valence-corrected chi connectivity index (χ2v) is 5.40. The number of benzene rings is 2. The van der Waals surface area contributed by atoms with Crippen molar-refractivity contribution in [1.82, 2.24) is 0 Å². The molecule has 1 N–H and O–H groups in total. The van der Waals surface area contributed by atoms with Crippen LogP contribution < -0.4 is 10.1 Å². The maximum absolute atomic E-state index is 12.3. The molecule has 6 heteroatoms. The van der Waals surface area contributed by atoms with Crippen molar-refractivity contribution in [3.8, 4) is 11.8 Å². The zero-order valence-electron chi connectivity index (χ0n) is 14.2. The Bertz CT molecular complexity index is 840. The van der Waals surface area contributed by atoms with Crippen molar-refractivity contribution in [2.75, 3.05) is 12.4 Å². The molecule has 0 aliphatic rings. The smallest absolute Gasteiger partial charge is 0.342 e. The molecule has 0 bridgehead atoms. The quantitative estimate of drug-likeness (QED) is 0.847. The third-order valence-corrected chi connectivity index (χ3v) is 3.53. The highest BCUT2D eigenvalue weighted by Gasteiger charge is 2.22. The molecule has 0 aromatic heterocycles. The highest BCUT2D eigenvalue weighted by atomic mass is 16.5. The largest absolute Gasteiger partial charge is 0.496 e. The summed E-state index contributed by atoms with van der Waals surface area (Å²) in [6.07, 6.45) is -1.04. The van der Waals surface area contributed by atoms with Crippen LogP contribution in [0.1, 0.15) is 28.4 Å². The van der Waals surface area contributed by atoms with E-state index >= 15 is 0 Å². The van der Waals surface area contributed by atoms with Crippen LogP contribution in [0.2, 0.25) is 0 Å². The summed E-state index contributed by atoms with van der Waals surface area (Å²) in [5.74, 6) is -0.808. The van der Waals surface area contributed by atoms with Gasteiger partial charge in [0.1, 0.15) is 17.4 Å². The van der Waals surface area contributed by atoms with E-state index in [2.05, 4.69) is 5.32 Å². The second kappa shape index (κ2) is 7.97. The molecular weight excluding hydrogens is 320 g/mol. The number of hydrogen-bond donors (Lipinski definition) is 1. The molecule has 0 saturated heterocycles. The molecule has 25 heavy (non-hydrogen) atoms. The van der Waals surface area contributed by atoms with Crippen molar-refractivity contribution < 1.29 is 19.1 Å². The van der Waals surface area contributed by atoms with Gasteiger partial charge in [0.25, 0.3) is 5.91 Å².